The van der Waals surface area contributed by atoms with E-state index in [1.807, 2.05) is 0 Å². The molecule has 8 heteroatoms. The normalized spacial score (nSPS) is 27.1. The van der Waals surface area contributed by atoms with Crippen LogP contribution in [0.25, 0.3) is 0 Å². The second-order valence-corrected chi connectivity index (χ2v) is 9.76. The van der Waals surface area contributed by atoms with E-state index in [-0.39, 0.29) is 23.6 Å². The number of hydrogen-bond donors (Lipinski definition) is 1. The van der Waals surface area contributed by atoms with Gasteiger partial charge in [0.25, 0.3) is 11.8 Å². The monoisotopic (exact) mass is 428 g/mol. The van der Waals surface area contributed by atoms with Gasteiger partial charge in [-0.2, -0.15) is 0 Å². The molecule has 31 heavy (non-hydrogen) atoms. The Morgan fingerprint density at radius 2 is 1.65 bits per heavy atom. The Labute approximate surface area is 181 Å². The number of fused-ring (bicyclic) bond motifs is 4. The van der Waals surface area contributed by atoms with Crippen LogP contribution in [0.5, 0.6) is 0 Å². The fraction of sp³-hybridized carbons (Fsp3) is 0.565. The lowest BCUT2D eigenvalue weighted by Gasteiger charge is -2.49. The maximum atomic E-state index is 13.4. The van der Waals surface area contributed by atoms with Crippen LogP contribution in [-0.4, -0.2) is 41.1 Å². The highest BCUT2D eigenvalue weighted by molar-refractivity contribution is 6.20. The molecule has 166 valence electrons. The van der Waals surface area contributed by atoms with Gasteiger partial charge in [0.05, 0.1) is 16.5 Å². The molecule has 0 aromatic heterocycles. The van der Waals surface area contributed by atoms with Gasteiger partial charge in [0.2, 0.25) is 0 Å². The van der Waals surface area contributed by atoms with Crippen molar-refractivity contribution in [2.75, 3.05) is 6.54 Å². The summed E-state index contributed by atoms with van der Waals surface area (Å²) in [6.45, 7) is 5.34. The number of hydrogen-bond acceptors (Lipinski definition) is 6. The van der Waals surface area contributed by atoms with E-state index in [4.69, 9.17) is 9.57 Å². The maximum absolute atomic E-state index is 13.4. The molecule has 1 unspecified atom stereocenters. The summed E-state index contributed by atoms with van der Waals surface area (Å²) in [7, 11) is 0. The molecule has 2 bridgehead atoms. The molecule has 1 heterocycles. The van der Waals surface area contributed by atoms with Gasteiger partial charge in [0, 0.05) is 6.54 Å². The van der Waals surface area contributed by atoms with Crippen LogP contribution in [0.4, 0.5) is 4.79 Å². The fourth-order valence-corrected chi connectivity index (χ4v) is 5.11. The van der Waals surface area contributed by atoms with Gasteiger partial charge in [-0.3, -0.25) is 9.59 Å². The van der Waals surface area contributed by atoms with Crippen LogP contribution < -0.4 is 5.32 Å². The van der Waals surface area contributed by atoms with Crippen molar-refractivity contribution in [2.24, 2.45) is 17.3 Å². The molecule has 1 N–H and O–H groups in total. The first kappa shape index (κ1) is 21.3. The van der Waals surface area contributed by atoms with E-state index < -0.39 is 34.9 Å². The first-order chi connectivity index (χ1) is 14.6. The summed E-state index contributed by atoms with van der Waals surface area (Å²) in [5.41, 5.74) is -1.23. The predicted molar refractivity (Wildman–Crippen MR) is 110 cm³/mol. The average Bonchev–Trinajstić information content (AvgIpc) is 2.97. The van der Waals surface area contributed by atoms with Crippen LogP contribution in [0.2, 0.25) is 0 Å². The number of imide groups is 1. The SMILES string of the molecule is CC(C)(C)OC(=O)NCC1(C(=O)ON2C(=O)c3ccccc3C2=O)CC2CCC1CC2. The Kier molecular flexibility index (Phi) is 5.27. The third kappa shape index (κ3) is 3.91. The molecular formula is C23H28N2O6. The molecule has 8 nitrogen and oxygen atoms in total. The Balaban J connectivity index is 1.54. The predicted octanol–water partition coefficient (Wildman–Crippen LogP) is 3.46. The molecule has 3 fully saturated rings. The van der Waals surface area contributed by atoms with Gasteiger partial charge in [-0.1, -0.05) is 30.0 Å². The highest BCUT2D eigenvalue weighted by Gasteiger charge is 2.55. The number of ether oxygens (including phenoxy) is 1. The Morgan fingerprint density at radius 3 is 2.13 bits per heavy atom. The topological polar surface area (TPSA) is 102 Å². The highest BCUT2D eigenvalue weighted by atomic mass is 16.7. The van der Waals surface area contributed by atoms with Crippen molar-refractivity contribution >= 4 is 23.9 Å². The van der Waals surface area contributed by atoms with E-state index in [0.717, 1.165) is 25.7 Å². The molecule has 1 aromatic carbocycles. The van der Waals surface area contributed by atoms with Crippen molar-refractivity contribution in [1.82, 2.24) is 10.4 Å². The van der Waals surface area contributed by atoms with Gasteiger partial charge in [-0.15, -0.1) is 0 Å². The van der Waals surface area contributed by atoms with Crippen molar-refractivity contribution in [2.45, 2.75) is 58.5 Å². The van der Waals surface area contributed by atoms with Crippen molar-refractivity contribution in [1.29, 1.82) is 0 Å². The van der Waals surface area contributed by atoms with Crippen LogP contribution in [0, 0.1) is 17.3 Å². The first-order valence-corrected chi connectivity index (χ1v) is 10.8. The van der Waals surface area contributed by atoms with Gasteiger partial charge < -0.3 is 14.9 Å². The van der Waals surface area contributed by atoms with E-state index in [2.05, 4.69) is 5.32 Å². The molecule has 1 aromatic rings. The molecule has 5 rings (SSSR count). The minimum absolute atomic E-state index is 0.00937. The lowest BCUT2D eigenvalue weighted by molar-refractivity contribution is -0.191. The second-order valence-electron chi connectivity index (χ2n) is 9.76. The number of amides is 3. The lowest BCUT2D eigenvalue weighted by atomic mass is 9.56. The number of alkyl carbamates (subject to hydrolysis) is 1. The van der Waals surface area contributed by atoms with Crippen LogP contribution in [0.15, 0.2) is 24.3 Å². The molecule has 3 aliphatic carbocycles. The van der Waals surface area contributed by atoms with Crippen molar-refractivity contribution in [3.05, 3.63) is 35.4 Å². The summed E-state index contributed by atoms with van der Waals surface area (Å²) >= 11 is 0. The molecule has 3 saturated carbocycles. The Hall–Kier alpha value is -2.90. The van der Waals surface area contributed by atoms with Gasteiger partial charge in [-0.05, 0) is 64.0 Å². The zero-order valence-electron chi connectivity index (χ0n) is 18.1. The summed E-state index contributed by atoms with van der Waals surface area (Å²) in [5.74, 6) is -1.59. The maximum Gasteiger partial charge on any atom is 0.407 e. The van der Waals surface area contributed by atoms with Gasteiger partial charge >= 0.3 is 12.1 Å². The summed E-state index contributed by atoms with van der Waals surface area (Å²) < 4.78 is 5.32. The van der Waals surface area contributed by atoms with Crippen LogP contribution in [0.1, 0.15) is 73.6 Å². The molecule has 4 aliphatic rings. The van der Waals surface area contributed by atoms with Crippen LogP contribution >= 0.6 is 0 Å². The van der Waals surface area contributed by atoms with E-state index in [1.165, 1.54) is 12.1 Å². The quantitative estimate of drug-likeness (QED) is 0.737. The van der Waals surface area contributed by atoms with E-state index >= 15 is 0 Å². The van der Waals surface area contributed by atoms with E-state index in [1.54, 1.807) is 32.9 Å². The third-order valence-corrected chi connectivity index (χ3v) is 6.57. The molecule has 1 atom stereocenters. The summed E-state index contributed by atoms with van der Waals surface area (Å²) in [4.78, 5) is 56.5. The summed E-state index contributed by atoms with van der Waals surface area (Å²) in [5, 5.41) is 3.29. The fourth-order valence-electron chi connectivity index (χ4n) is 5.11. The molecule has 0 radical (unpaired) electrons. The second kappa shape index (κ2) is 7.66. The molecular weight excluding hydrogens is 400 g/mol. The minimum Gasteiger partial charge on any atom is -0.444 e. The molecule has 1 aliphatic heterocycles. The number of hydroxylamine groups is 2. The largest absolute Gasteiger partial charge is 0.444 e. The lowest BCUT2D eigenvalue weighted by Crippen LogP contribution is -2.56. The van der Waals surface area contributed by atoms with Crippen molar-refractivity contribution < 1.29 is 28.8 Å². The third-order valence-electron chi connectivity index (χ3n) is 6.57. The first-order valence-electron chi connectivity index (χ1n) is 10.8. The number of benzene rings is 1. The number of rotatable bonds is 4. The Bertz CT molecular complexity index is 893. The zero-order chi connectivity index (χ0) is 22.4. The number of carbonyl (C=O) groups excluding carboxylic acids is 4. The number of nitrogens with zero attached hydrogens (tertiary/aromatic N) is 1. The number of nitrogens with one attached hydrogen (secondary N) is 1. The van der Waals surface area contributed by atoms with E-state index in [9.17, 15) is 19.2 Å². The molecule has 0 saturated heterocycles. The average molecular weight is 428 g/mol. The van der Waals surface area contributed by atoms with Crippen molar-refractivity contribution in [3.63, 3.8) is 0 Å². The van der Waals surface area contributed by atoms with Gasteiger partial charge in [-0.25, -0.2) is 9.59 Å². The van der Waals surface area contributed by atoms with Crippen LogP contribution in [0.3, 0.4) is 0 Å². The minimum atomic E-state index is -0.993. The molecule has 0 spiro atoms. The summed E-state index contributed by atoms with van der Waals surface area (Å²) in [6.07, 6.45) is 3.69. The van der Waals surface area contributed by atoms with Gasteiger partial charge in [0.1, 0.15) is 5.60 Å². The van der Waals surface area contributed by atoms with Gasteiger partial charge in [0.15, 0.2) is 0 Å². The molecule has 3 amide bonds. The van der Waals surface area contributed by atoms with Crippen LogP contribution in [-0.2, 0) is 14.4 Å². The van der Waals surface area contributed by atoms with E-state index in [0.29, 0.717) is 17.4 Å². The highest BCUT2D eigenvalue weighted by Crippen LogP contribution is 2.53. The summed E-state index contributed by atoms with van der Waals surface area (Å²) in [6, 6.07) is 6.38. The van der Waals surface area contributed by atoms with Crippen molar-refractivity contribution in [3.8, 4) is 0 Å². The number of carbonyl (C=O) groups is 4. The Morgan fingerprint density at radius 1 is 1.06 bits per heavy atom. The smallest absolute Gasteiger partial charge is 0.407 e. The standard InChI is InChI=1S/C23H28N2O6/c1-22(2,3)30-21(29)24-13-23(12-14-8-10-15(23)11-9-14)20(28)31-25-18(26)16-6-4-5-7-17(16)19(25)27/h4-7,14-15H,8-13H2,1-3H3,(H,24,29). The zero-order valence-corrected chi connectivity index (χ0v) is 18.1.